The highest BCUT2D eigenvalue weighted by Gasteiger charge is 2.38. The molecular weight excluding hydrogens is 303 g/mol. The summed E-state index contributed by atoms with van der Waals surface area (Å²) in [7, 11) is 0. The van der Waals surface area contributed by atoms with E-state index in [0.29, 0.717) is 5.41 Å². The summed E-state index contributed by atoms with van der Waals surface area (Å²) in [6.45, 7) is 6.11. The van der Waals surface area contributed by atoms with Gasteiger partial charge in [-0.1, -0.05) is 42.5 Å². The average Bonchev–Trinajstić information content (AvgIpc) is 2.84. The van der Waals surface area contributed by atoms with Crippen molar-refractivity contribution in [3.63, 3.8) is 0 Å². The summed E-state index contributed by atoms with van der Waals surface area (Å²) in [4.78, 5) is 2.62. The van der Waals surface area contributed by atoms with Gasteiger partial charge in [-0.05, 0) is 49.9 Å². The molecule has 0 atom stereocenters. The predicted molar refractivity (Wildman–Crippen MR) is 95.6 cm³/mol. The number of piperidine rings is 1. The first-order chi connectivity index (χ1) is 9.36. The van der Waals surface area contributed by atoms with Crippen LogP contribution in [0.3, 0.4) is 0 Å². The van der Waals surface area contributed by atoms with Crippen LogP contribution in [-0.2, 0) is 0 Å². The van der Waals surface area contributed by atoms with Gasteiger partial charge in [0.25, 0.3) is 0 Å². The average molecular weight is 329 g/mol. The van der Waals surface area contributed by atoms with E-state index in [0.717, 1.165) is 6.54 Å². The minimum atomic E-state index is 0. The number of nitrogens with one attached hydrogen (secondary N) is 1. The number of benzene rings is 1. The van der Waals surface area contributed by atoms with E-state index >= 15 is 0 Å². The maximum atomic E-state index is 3.48. The maximum absolute atomic E-state index is 3.48. The zero-order chi connectivity index (χ0) is 13.0. The summed E-state index contributed by atoms with van der Waals surface area (Å²) in [6.07, 6.45) is 8.69. The highest BCUT2D eigenvalue weighted by molar-refractivity contribution is 5.85. The fourth-order valence-electron chi connectivity index (χ4n) is 3.45. The minimum Gasteiger partial charge on any atom is -0.317 e. The van der Waals surface area contributed by atoms with Crippen molar-refractivity contribution in [3.8, 4) is 0 Å². The lowest BCUT2D eigenvalue weighted by atomic mass is 9.78. The normalized spacial score (nSPS) is 21.1. The lowest BCUT2D eigenvalue weighted by Gasteiger charge is -2.33. The van der Waals surface area contributed by atoms with Crippen LogP contribution in [0.4, 0.5) is 0 Å². The van der Waals surface area contributed by atoms with Crippen LogP contribution in [0.15, 0.2) is 36.4 Å². The third-order valence-corrected chi connectivity index (χ3v) is 4.66. The second-order valence-electron chi connectivity index (χ2n) is 6.05. The van der Waals surface area contributed by atoms with Crippen LogP contribution in [0.1, 0.15) is 24.8 Å². The Labute approximate surface area is 140 Å². The molecule has 0 radical (unpaired) electrons. The van der Waals surface area contributed by atoms with Gasteiger partial charge < -0.3 is 5.32 Å². The third-order valence-electron chi connectivity index (χ3n) is 4.66. The van der Waals surface area contributed by atoms with Crippen LogP contribution in [0.2, 0.25) is 0 Å². The number of likely N-dealkylation sites (tertiary alicyclic amines) is 1. The molecule has 4 heteroatoms. The van der Waals surface area contributed by atoms with Crippen molar-refractivity contribution in [1.29, 1.82) is 0 Å². The SMILES string of the molecule is C(=C\c1ccccc1)/CN1CCC2(CCNCC2)C1.Cl.Cl. The molecule has 0 bridgehead atoms. The minimum absolute atomic E-state index is 0. The Morgan fingerprint density at radius 3 is 2.48 bits per heavy atom. The quantitative estimate of drug-likeness (QED) is 0.911. The fraction of sp³-hybridized carbons (Fsp3) is 0.529. The van der Waals surface area contributed by atoms with E-state index in [2.05, 4.69) is 52.7 Å². The Kier molecular flexibility index (Phi) is 7.75. The summed E-state index contributed by atoms with van der Waals surface area (Å²) < 4.78 is 0. The van der Waals surface area contributed by atoms with Gasteiger partial charge in [-0.3, -0.25) is 4.90 Å². The van der Waals surface area contributed by atoms with Crippen LogP contribution in [0.25, 0.3) is 6.08 Å². The highest BCUT2D eigenvalue weighted by atomic mass is 35.5. The first-order valence-electron chi connectivity index (χ1n) is 7.51. The molecule has 2 aliphatic heterocycles. The van der Waals surface area contributed by atoms with E-state index < -0.39 is 0 Å². The molecule has 2 aliphatic rings. The van der Waals surface area contributed by atoms with Crippen molar-refractivity contribution < 1.29 is 0 Å². The molecular formula is C17H26Cl2N2. The van der Waals surface area contributed by atoms with E-state index in [1.807, 2.05) is 0 Å². The molecule has 1 N–H and O–H groups in total. The van der Waals surface area contributed by atoms with Crippen molar-refractivity contribution in [2.45, 2.75) is 19.3 Å². The second kappa shape index (κ2) is 8.79. The standard InChI is InChI=1S/C17H24N2.2ClH/c1-2-5-16(6-3-1)7-4-13-19-14-10-17(15-19)8-11-18-12-9-17;;/h1-7,18H,8-15H2;2*1H/b7-4+;;. The molecule has 1 aromatic carbocycles. The lowest BCUT2D eigenvalue weighted by molar-refractivity contribution is 0.202. The van der Waals surface area contributed by atoms with Crippen molar-refractivity contribution in [2.24, 2.45) is 5.41 Å². The van der Waals surface area contributed by atoms with Crippen LogP contribution in [0.5, 0.6) is 0 Å². The number of halogens is 2. The Balaban J connectivity index is 0.00000110. The number of nitrogens with zero attached hydrogens (tertiary/aromatic N) is 1. The molecule has 2 nitrogen and oxygen atoms in total. The van der Waals surface area contributed by atoms with Crippen molar-refractivity contribution >= 4 is 30.9 Å². The Morgan fingerprint density at radius 2 is 1.76 bits per heavy atom. The molecule has 0 amide bonds. The van der Waals surface area contributed by atoms with Gasteiger partial charge in [-0.25, -0.2) is 0 Å². The van der Waals surface area contributed by atoms with Gasteiger partial charge in [0.15, 0.2) is 0 Å². The predicted octanol–water partition coefficient (Wildman–Crippen LogP) is 3.62. The summed E-state index contributed by atoms with van der Waals surface area (Å²) in [5.41, 5.74) is 1.93. The molecule has 2 saturated heterocycles. The monoisotopic (exact) mass is 328 g/mol. The van der Waals surface area contributed by atoms with Crippen LogP contribution in [-0.4, -0.2) is 37.6 Å². The Bertz CT molecular complexity index is 428. The van der Waals surface area contributed by atoms with Gasteiger partial charge >= 0.3 is 0 Å². The van der Waals surface area contributed by atoms with Crippen molar-refractivity contribution in [3.05, 3.63) is 42.0 Å². The number of rotatable bonds is 3. The molecule has 0 saturated carbocycles. The van der Waals surface area contributed by atoms with Crippen LogP contribution >= 0.6 is 24.8 Å². The Hall–Kier alpha value is -0.540. The lowest BCUT2D eigenvalue weighted by Crippen LogP contribution is -2.38. The number of hydrogen-bond donors (Lipinski definition) is 1. The van der Waals surface area contributed by atoms with Gasteiger partial charge in [-0.15, -0.1) is 24.8 Å². The molecule has 0 unspecified atom stereocenters. The van der Waals surface area contributed by atoms with Crippen molar-refractivity contribution in [2.75, 3.05) is 32.7 Å². The van der Waals surface area contributed by atoms with Gasteiger partial charge in [0.05, 0.1) is 0 Å². The fourth-order valence-corrected chi connectivity index (χ4v) is 3.45. The zero-order valence-corrected chi connectivity index (χ0v) is 14.1. The zero-order valence-electron chi connectivity index (χ0n) is 12.5. The largest absolute Gasteiger partial charge is 0.317 e. The van der Waals surface area contributed by atoms with Crippen molar-refractivity contribution in [1.82, 2.24) is 10.2 Å². The van der Waals surface area contributed by atoms with Gasteiger partial charge in [-0.2, -0.15) is 0 Å². The molecule has 1 aromatic rings. The summed E-state index contributed by atoms with van der Waals surface area (Å²) in [5.74, 6) is 0. The van der Waals surface area contributed by atoms with Gasteiger partial charge in [0.2, 0.25) is 0 Å². The molecule has 2 fully saturated rings. The second-order valence-corrected chi connectivity index (χ2v) is 6.05. The summed E-state index contributed by atoms with van der Waals surface area (Å²) >= 11 is 0. The van der Waals surface area contributed by atoms with E-state index in [9.17, 15) is 0 Å². The van der Waals surface area contributed by atoms with Gasteiger partial charge in [0, 0.05) is 13.1 Å². The van der Waals surface area contributed by atoms with Crippen LogP contribution in [0, 0.1) is 5.41 Å². The highest BCUT2D eigenvalue weighted by Crippen LogP contribution is 2.38. The third kappa shape index (κ3) is 5.00. The van der Waals surface area contributed by atoms with E-state index in [1.165, 1.54) is 51.0 Å². The molecule has 21 heavy (non-hydrogen) atoms. The van der Waals surface area contributed by atoms with E-state index in [4.69, 9.17) is 0 Å². The number of hydrogen-bond acceptors (Lipinski definition) is 2. The topological polar surface area (TPSA) is 15.3 Å². The summed E-state index contributed by atoms with van der Waals surface area (Å²) in [6, 6.07) is 10.6. The molecule has 1 spiro atoms. The molecule has 118 valence electrons. The van der Waals surface area contributed by atoms with E-state index in [1.54, 1.807) is 0 Å². The van der Waals surface area contributed by atoms with E-state index in [-0.39, 0.29) is 24.8 Å². The summed E-state index contributed by atoms with van der Waals surface area (Å²) in [5, 5.41) is 3.48. The maximum Gasteiger partial charge on any atom is 0.0166 e. The molecule has 3 rings (SSSR count). The first kappa shape index (κ1) is 18.5. The smallest absolute Gasteiger partial charge is 0.0166 e. The molecule has 0 aliphatic carbocycles. The van der Waals surface area contributed by atoms with Gasteiger partial charge in [0.1, 0.15) is 0 Å². The Morgan fingerprint density at radius 1 is 1.05 bits per heavy atom. The van der Waals surface area contributed by atoms with Crippen LogP contribution < -0.4 is 5.32 Å². The molecule has 0 aromatic heterocycles. The first-order valence-corrected chi connectivity index (χ1v) is 7.51. The molecule has 2 heterocycles.